The highest BCUT2D eigenvalue weighted by Crippen LogP contribution is 2.28. The summed E-state index contributed by atoms with van der Waals surface area (Å²) in [7, 11) is 0. The molecule has 0 spiro atoms. The molecule has 0 saturated heterocycles. The van der Waals surface area contributed by atoms with Crippen LogP contribution in [0.1, 0.15) is 27.2 Å². The topological polar surface area (TPSA) is 0 Å². The molecule has 0 aromatic carbocycles. The second-order valence-electron chi connectivity index (χ2n) is 5.00. The maximum atomic E-state index is 2.29. The van der Waals surface area contributed by atoms with Crippen molar-refractivity contribution in [1.82, 2.24) is 0 Å². The molecule has 0 heteroatoms. The number of rotatable bonds is 0. The lowest BCUT2D eigenvalue weighted by Crippen LogP contribution is -2.00. The zero-order chi connectivity index (χ0) is 10.9. The highest BCUT2D eigenvalue weighted by Gasteiger charge is 2.13. The SMILES string of the molecule is CC1=CC2=C(C=CC1)C=CC(C)(C)C=C2. The third-order valence-electron chi connectivity index (χ3n) is 2.86. The Balaban J connectivity index is 2.47. The molecule has 78 valence electrons. The molecule has 0 N–H and O–H groups in total. The van der Waals surface area contributed by atoms with Crippen molar-refractivity contribution in [3.05, 3.63) is 59.3 Å². The summed E-state index contributed by atoms with van der Waals surface area (Å²) in [5, 5.41) is 0. The van der Waals surface area contributed by atoms with Crippen LogP contribution in [0.15, 0.2) is 59.3 Å². The molecule has 0 aromatic rings. The molecule has 0 nitrogen and oxygen atoms in total. The molecule has 0 unspecified atom stereocenters. The van der Waals surface area contributed by atoms with E-state index in [0.717, 1.165) is 6.42 Å². The lowest BCUT2D eigenvalue weighted by atomic mass is 9.93. The van der Waals surface area contributed by atoms with Crippen LogP contribution in [0, 0.1) is 5.41 Å². The van der Waals surface area contributed by atoms with Gasteiger partial charge in [-0.2, -0.15) is 0 Å². The largest absolute Gasteiger partial charge is 0.0799 e. The van der Waals surface area contributed by atoms with Gasteiger partial charge in [0.1, 0.15) is 0 Å². The Kier molecular flexibility index (Phi) is 2.52. The Morgan fingerprint density at radius 1 is 1.00 bits per heavy atom. The van der Waals surface area contributed by atoms with E-state index in [1.807, 2.05) is 0 Å². The molecule has 0 saturated carbocycles. The van der Waals surface area contributed by atoms with E-state index in [-0.39, 0.29) is 5.41 Å². The number of hydrogen-bond acceptors (Lipinski definition) is 0. The van der Waals surface area contributed by atoms with E-state index in [2.05, 4.69) is 63.3 Å². The van der Waals surface area contributed by atoms with Crippen molar-refractivity contribution in [2.24, 2.45) is 5.41 Å². The van der Waals surface area contributed by atoms with E-state index in [9.17, 15) is 0 Å². The molecule has 0 heterocycles. The smallest absolute Gasteiger partial charge is 0.00111 e. The Labute approximate surface area is 92.4 Å². The van der Waals surface area contributed by atoms with Crippen LogP contribution in [0.4, 0.5) is 0 Å². The predicted octanol–water partition coefficient (Wildman–Crippen LogP) is 4.34. The van der Waals surface area contributed by atoms with Crippen molar-refractivity contribution < 1.29 is 0 Å². The Morgan fingerprint density at radius 2 is 1.67 bits per heavy atom. The van der Waals surface area contributed by atoms with Crippen LogP contribution in [0.5, 0.6) is 0 Å². The van der Waals surface area contributed by atoms with Gasteiger partial charge in [-0.3, -0.25) is 0 Å². The third kappa shape index (κ3) is 2.38. The van der Waals surface area contributed by atoms with Gasteiger partial charge in [0.2, 0.25) is 0 Å². The molecule has 0 fully saturated rings. The first-order chi connectivity index (χ1) is 7.07. The average Bonchev–Trinajstić information content (AvgIpc) is 2.40. The fourth-order valence-electron chi connectivity index (χ4n) is 1.84. The molecule has 0 atom stereocenters. The Hall–Kier alpha value is -1.30. The summed E-state index contributed by atoms with van der Waals surface area (Å²) in [4.78, 5) is 0. The van der Waals surface area contributed by atoms with Crippen LogP contribution in [0.25, 0.3) is 0 Å². The van der Waals surface area contributed by atoms with E-state index in [4.69, 9.17) is 0 Å². The lowest BCUT2D eigenvalue weighted by molar-refractivity contribution is 0.627. The molecule has 0 aliphatic heterocycles. The highest BCUT2D eigenvalue weighted by atomic mass is 14.2. The Morgan fingerprint density at radius 3 is 2.40 bits per heavy atom. The number of allylic oxidation sites excluding steroid dienone is 10. The summed E-state index contributed by atoms with van der Waals surface area (Å²) in [5.74, 6) is 0. The van der Waals surface area contributed by atoms with Crippen molar-refractivity contribution >= 4 is 0 Å². The van der Waals surface area contributed by atoms with Gasteiger partial charge in [0.05, 0.1) is 0 Å². The first-order valence-corrected chi connectivity index (χ1v) is 5.53. The monoisotopic (exact) mass is 198 g/mol. The van der Waals surface area contributed by atoms with Crippen LogP contribution in [0.2, 0.25) is 0 Å². The minimum atomic E-state index is 0.168. The van der Waals surface area contributed by atoms with Crippen LogP contribution >= 0.6 is 0 Å². The van der Waals surface area contributed by atoms with E-state index in [0.29, 0.717) is 0 Å². The van der Waals surface area contributed by atoms with Crippen molar-refractivity contribution in [2.75, 3.05) is 0 Å². The molecule has 0 aromatic heterocycles. The normalized spacial score (nSPS) is 23.3. The highest BCUT2D eigenvalue weighted by molar-refractivity contribution is 5.51. The second-order valence-corrected chi connectivity index (χ2v) is 5.00. The quantitative estimate of drug-likeness (QED) is 0.543. The first kappa shape index (κ1) is 10.2. The van der Waals surface area contributed by atoms with Crippen LogP contribution in [0.3, 0.4) is 0 Å². The van der Waals surface area contributed by atoms with Gasteiger partial charge in [-0.1, -0.05) is 62.0 Å². The molecule has 0 bridgehead atoms. The zero-order valence-electron chi connectivity index (χ0n) is 9.75. The van der Waals surface area contributed by atoms with E-state index >= 15 is 0 Å². The molecular formula is C15H18. The summed E-state index contributed by atoms with van der Waals surface area (Å²) in [6.07, 6.45) is 16.8. The average molecular weight is 198 g/mol. The summed E-state index contributed by atoms with van der Waals surface area (Å²) < 4.78 is 0. The van der Waals surface area contributed by atoms with Crippen LogP contribution in [-0.2, 0) is 0 Å². The van der Waals surface area contributed by atoms with Crippen molar-refractivity contribution in [1.29, 1.82) is 0 Å². The maximum Gasteiger partial charge on any atom is 0.00111 e. The van der Waals surface area contributed by atoms with Gasteiger partial charge in [0.25, 0.3) is 0 Å². The predicted molar refractivity (Wildman–Crippen MR) is 66.6 cm³/mol. The molecule has 2 aliphatic carbocycles. The summed E-state index contributed by atoms with van der Waals surface area (Å²) in [6.45, 7) is 6.65. The first-order valence-electron chi connectivity index (χ1n) is 5.53. The van der Waals surface area contributed by atoms with E-state index < -0.39 is 0 Å². The summed E-state index contributed by atoms with van der Waals surface area (Å²) >= 11 is 0. The van der Waals surface area contributed by atoms with Gasteiger partial charge in [-0.25, -0.2) is 0 Å². The van der Waals surface area contributed by atoms with Crippen molar-refractivity contribution in [3.8, 4) is 0 Å². The number of hydrogen-bond donors (Lipinski definition) is 0. The fraction of sp³-hybridized carbons (Fsp3) is 0.333. The standard InChI is InChI=1S/C15H18/c1-12-5-4-6-13-7-9-15(2,3)10-8-14(13)11-12/h4,6-11H,5H2,1-3H3. The third-order valence-corrected chi connectivity index (χ3v) is 2.86. The maximum absolute atomic E-state index is 2.29. The molecule has 0 amide bonds. The van der Waals surface area contributed by atoms with Crippen molar-refractivity contribution in [2.45, 2.75) is 27.2 Å². The van der Waals surface area contributed by atoms with Crippen LogP contribution in [-0.4, -0.2) is 0 Å². The van der Waals surface area contributed by atoms with Gasteiger partial charge in [0.15, 0.2) is 0 Å². The minimum Gasteiger partial charge on any atom is -0.0799 e. The zero-order valence-corrected chi connectivity index (χ0v) is 9.75. The summed E-state index contributed by atoms with van der Waals surface area (Å²) in [6, 6.07) is 0. The Bertz CT molecular complexity index is 409. The van der Waals surface area contributed by atoms with E-state index in [1.165, 1.54) is 16.7 Å². The van der Waals surface area contributed by atoms with E-state index in [1.54, 1.807) is 0 Å². The van der Waals surface area contributed by atoms with Gasteiger partial charge in [-0.15, -0.1) is 0 Å². The molecule has 2 rings (SSSR count). The second kappa shape index (κ2) is 3.69. The minimum absolute atomic E-state index is 0.168. The van der Waals surface area contributed by atoms with Gasteiger partial charge in [-0.05, 0) is 24.5 Å². The molecule has 2 aliphatic rings. The van der Waals surface area contributed by atoms with Gasteiger partial charge >= 0.3 is 0 Å². The lowest BCUT2D eigenvalue weighted by Gasteiger charge is -2.12. The molecule has 0 radical (unpaired) electrons. The van der Waals surface area contributed by atoms with Gasteiger partial charge < -0.3 is 0 Å². The molecule has 15 heavy (non-hydrogen) atoms. The molecular weight excluding hydrogens is 180 g/mol. The van der Waals surface area contributed by atoms with Crippen molar-refractivity contribution in [3.63, 3.8) is 0 Å². The van der Waals surface area contributed by atoms with Crippen LogP contribution < -0.4 is 0 Å². The fourth-order valence-corrected chi connectivity index (χ4v) is 1.84. The van der Waals surface area contributed by atoms with Gasteiger partial charge in [0, 0.05) is 5.41 Å². The summed E-state index contributed by atoms with van der Waals surface area (Å²) in [5.41, 5.74) is 4.26.